The second kappa shape index (κ2) is 8.85. The minimum Gasteiger partial charge on any atom is -0.461 e. The monoisotopic (exact) mass is 363 g/mol. The number of nitrogens with one attached hydrogen (secondary N) is 1. The largest absolute Gasteiger partial charge is 0.461 e. The SMILES string of the molecule is Cc1ccccc1NC(=O)COC(=O)CCc1ccc(-c2ccccc2)o1. The molecule has 5 nitrogen and oxygen atoms in total. The highest BCUT2D eigenvalue weighted by atomic mass is 16.5. The van der Waals surface area contributed by atoms with Crippen molar-refractivity contribution in [1.82, 2.24) is 0 Å². The van der Waals surface area contributed by atoms with Gasteiger partial charge >= 0.3 is 5.97 Å². The summed E-state index contributed by atoms with van der Waals surface area (Å²) < 4.78 is 10.8. The van der Waals surface area contributed by atoms with Crippen molar-refractivity contribution in [1.29, 1.82) is 0 Å². The molecule has 0 spiro atoms. The van der Waals surface area contributed by atoms with E-state index >= 15 is 0 Å². The second-order valence-electron chi connectivity index (χ2n) is 6.16. The molecule has 0 unspecified atom stereocenters. The van der Waals surface area contributed by atoms with E-state index in [0.717, 1.165) is 16.9 Å². The number of anilines is 1. The first-order chi connectivity index (χ1) is 13.1. The summed E-state index contributed by atoms with van der Waals surface area (Å²) in [5.41, 5.74) is 2.64. The number of para-hydroxylation sites is 1. The summed E-state index contributed by atoms with van der Waals surface area (Å²) in [6.45, 7) is 1.59. The van der Waals surface area contributed by atoms with Crippen LogP contribution in [0.2, 0.25) is 0 Å². The Bertz CT molecular complexity index is 915. The molecule has 1 N–H and O–H groups in total. The highest BCUT2D eigenvalue weighted by Gasteiger charge is 2.11. The van der Waals surface area contributed by atoms with Crippen LogP contribution in [-0.4, -0.2) is 18.5 Å². The Kier molecular flexibility index (Phi) is 6.05. The molecule has 0 atom stereocenters. The van der Waals surface area contributed by atoms with Gasteiger partial charge in [-0.25, -0.2) is 0 Å². The first-order valence-corrected chi connectivity index (χ1v) is 8.77. The summed E-state index contributed by atoms with van der Waals surface area (Å²) >= 11 is 0. The van der Waals surface area contributed by atoms with Crippen molar-refractivity contribution in [2.24, 2.45) is 0 Å². The summed E-state index contributed by atoms with van der Waals surface area (Å²) in [6, 6.07) is 20.9. The van der Waals surface area contributed by atoms with E-state index in [-0.39, 0.29) is 18.9 Å². The standard InChI is InChI=1S/C22H21NO4/c1-16-7-5-6-10-19(16)23-21(24)15-26-22(25)14-12-18-11-13-20(27-18)17-8-3-2-4-9-17/h2-11,13H,12,14-15H2,1H3,(H,23,24). The molecule has 0 fully saturated rings. The molecule has 1 aromatic heterocycles. The van der Waals surface area contributed by atoms with Crippen molar-refractivity contribution in [3.63, 3.8) is 0 Å². The number of esters is 1. The summed E-state index contributed by atoms with van der Waals surface area (Å²) in [4.78, 5) is 23.8. The van der Waals surface area contributed by atoms with Crippen LogP contribution in [0.3, 0.4) is 0 Å². The first-order valence-electron chi connectivity index (χ1n) is 8.77. The van der Waals surface area contributed by atoms with Gasteiger partial charge in [0.15, 0.2) is 6.61 Å². The summed E-state index contributed by atoms with van der Waals surface area (Å²) in [5, 5.41) is 2.73. The quantitative estimate of drug-likeness (QED) is 0.633. The number of benzene rings is 2. The van der Waals surface area contributed by atoms with E-state index in [0.29, 0.717) is 17.9 Å². The number of amides is 1. The van der Waals surface area contributed by atoms with E-state index < -0.39 is 5.97 Å². The third-order valence-corrected chi connectivity index (χ3v) is 4.08. The lowest BCUT2D eigenvalue weighted by atomic mass is 10.2. The Morgan fingerprint density at radius 2 is 1.70 bits per heavy atom. The maximum Gasteiger partial charge on any atom is 0.306 e. The van der Waals surface area contributed by atoms with Gasteiger partial charge in [-0.05, 0) is 30.7 Å². The minimum atomic E-state index is -0.437. The first kappa shape index (κ1) is 18.5. The molecule has 3 rings (SSSR count). The fourth-order valence-electron chi connectivity index (χ4n) is 2.61. The Morgan fingerprint density at radius 1 is 0.963 bits per heavy atom. The van der Waals surface area contributed by atoms with Gasteiger partial charge in [-0.2, -0.15) is 0 Å². The fraction of sp³-hybridized carbons (Fsp3) is 0.182. The van der Waals surface area contributed by atoms with Crippen LogP contribution in [-0.2, 0) is 20.7 Å². The number of carbonyl (C=O) groups excluding carboxylic acids is 2. The summed E-state index contributed by atoms with van der Waals surface area (Å²) in [5.74, 6) is 0.668. The molecule has 0 radical (unpaired) electrons. The number of rotatable bonds is 7. The molecule has 3 aromatic rings. The number of furan rings is 1. The van der Waals surface area contributed by atoms with Gasteiger partial charge in [0, 0.05) is 17.7 Å². The Balaban J connectivity index is 1.43. The lowest BCUT2D eigenvalue weighted by Gasteiger charge is -2.08. The highest BCUT2D eigenvalue weighted by Crippen LogP contribution is 2.22. The molecule has 1 heterocycles. The molecule has 138 valence electrons. The van der Waals surface area contributed by atoms with Gasteiger partial charge in [0.2, 0.25) is 0 Å². The molecule has 2 aromatic carbocycles. The third-order valence-electron chi connectivity index (χ3n) is 4.08. The van der Waals surface area contributed by atoms with E-state index in [4.69, 9.17) is 9.15 Å². The summed E-state index contributed by atoms with van der Waals surface area (Å²) in [7, 11) is 0. The predicted octanol–water partition coefficient (Wildman–Crippen LogP) is 4.37. The Morgan fingerprint density at radius 3 is 2.48 bits per heavy atom. The van der Waals surface area contributed by atoms with Gasteiger partial charge in [-0.3, -0.25) is 9.59 Å². The predicted molar refractivity (Wildman–Crippen MR) is 103 cm³/mol. The number of carbonyl (C=O) groups is 2. The molecule has 0 aliphatic carbocycles. The molecule has 0 aliphatic rings. The minimum absolute atomic E-state index is 0.152. The van der Waals surface area contributed by atoms with Crippen molar-refractivity contribution in [2.75, 3.05) is 11.9 Å². The number of hydrogen-bond donors (Lipinski definition) is 1. The van der Waals surface area contributed by atoms with Crippen molar-refractivity contribution < 1.29 is 18.7 Å². The smallest absolute Gasteiger partial charge is 0.306 e. The van der Waals surface area contributed by atoms with Crippen molar-refractivity contribution in [3.05, 3.63) is 78.1 Å². The molecule has 0 aliphatic heterocycles. The zero-order valence-corrected chi connectivity index (χ0v) is 15.1. The molecule has 0 saturated heterocycles. The van der Waals surface area contributed by atoms with Crippen LogP contribution in [0, 0.1) is 6.92 Å². The number of hydrogen-bond acceptors (Lipinski definition) is 4. The van der Waals surface area contributed by atoms with E-state index in [1.165, 1.54) is 0 Å². The van der Waals surface area contributed by atoms with Crippen LogP contribution in [0.25, 0.3) is 11.3 Å². The van der Waals surface area contributed by atoms with E-state index in [2.05, 4.69) is 5.32 Å². The van der Waals surface area contributed by atoms with Crippen molar-refractivity contribution in [2.45, 2.75) is 19.8 Å². The van der Waals surface area contributed by atoms with Crippen LogP contribution >= 0.6 is 0 Å². The molecule has 0 bridgehead atoms. The average Bonchev–Trinajstić information content (AvgIpc) is 3.16. The topological polar surface area (TPSA) is 68.5 Å². The highest BCUT2D eigenvalue weighted by molar-refractivity contribution is 5.93. The van der Waals surface area contributed by atoms with Crippen molar-refractivity contribution >= 4 is 17.6 Å². The maximum absolute atomic E-state index is 11.9. The maximum atomic E-state index is 11.9. The lowest BCUT2D eigenvalue weighted by molar-refractivity contribution is -0.147. The molecule has 0 saturated carbocycles. The summed E-state index contributed by atoms with van der Waals surface area (Å²) in [6.07, 6.45) is 0.574. The van der Waals surface area contributed by atoms with Crippen LogP contribution < -0.4 is 5.32 Å². The van der Waals surface area contributed by atoms with Gasteiger partial charge in [0.05, 0.1) is 6.42 Å². The average molecular weight is 363 g/mol. The van der Waals surface area contributed by atoms with Crippen LogP contribution in [0.5, 0.6) is 0 Å². The molecular weight excluding hydrogens is 342 g/mol. The van der Waals surface area contributed by atoms with Crippen molar-refractivity contribution in [3.8, 4) is 11.3 Å². The molecule has 1 amide bonds. The van der Waals surface area contributed by atoms with Crippen LogP contribution in [0.15, 0.2) is 71.1 Å². The van der Waals surface area contributed by atoms with Gasteiger partial charge in [-0.15, -0.1) is 0 Å². The molecule has 5 heteroatoms. The molecular formula is C22H21NO4. The third kappa shape index (κ3) is 5.31. The normalized spacial score (nSPS) is 10.4. The zero-order chi connectivity index (χ0) is 19.1. The van der Waals surface area contributed by atoms with Gasteiger partial charge < -0.3 is 14.5 Å². The van der Waals surface area contributed by atoms with E-state index in [1.54, 1.807) is 6.07 Å². The fourth-order valence-corrected chi connectivity index (χ4v) is 2.61. The van der Waals surface area contributed by atoms with Crippen LogP contribution in [0.4, 0.5) is 5.69 Å². The number of ether oxygens (including phenoxy) is 1. The Labute approximate surface area is 158 Å². The van der Waals surface area contributed by atoms with E-state index in [9.17, 15) is 9.59 Å². The zero-order valence-electron chi connectivity index (χ0n) is 15.1. The lowest BCUT2D eigenvalue weighted by Crippen LogP contribution is -2.21. The van der Waals surface area contributed by atoms with E-state index in [1.807, 2.05) is 67.6 Å². The second-order valence-corrected chi connectivity index (χ2v) is 6.16. The Hall–Kier alpha value is -3.34. The van der Waals surface area contributed by atoms with Gasteiger partial charge in [-0.1, -0.05) is 48.5 Å². The molecule has 27 heavy (non-hydrogen) atoms. The van der Waals surface area contributed by atoms with Gasteiger partial charge in [0.25, 0.3) is 5.91 Å². The van der Waals surface area contributed by atoms with Gasteiger partial charge in [0.1, 0.15) is 11.5 Å². The van der Waals surface area contributed by atoms with Crippen LogP contribution in [0.1, 0.15) is 17.7 Å². The number of aryl methyl sites for hydroxylation is 2.